The highest BCUT2D eigenvalue weighted by molar-refractivity contribution is 7.18. The van der Waals surface area contributed by atoms with Gasteiger partial charge in [-0.1, -0.05) is 17.9 Å². The first kappa shape index (κ1) is 14.4. The predicted molar refractivity (Wildman–Crippen MR) is 87.8 cm³/mol. The molecule has 0 radical (unpaired) electrons. The minimum atomic E-state index is -0.283. The van der Waals surface area contributed by atoms with Gasteiger partial charge in [-0.05, 0) is 37.3 Å². The van der Waals surface area contributed by atoms with E-state index in [1.807, 2.05) is 13.0 Å². The van der Waals surface area contributed by atoms with Gasteiger partial charge in [-0.2, -0.15) is 0 Å². The van der Waals surface area contributed by atoms with E-state index in [9.17, 15) is 9.50 Å². The average molecular weight is 312 g/mol. The smallest absolute Gasteiger partial charge is 0.143 e. The first-order valence-electron chi connectivity index (χ1n) is 6.70. The quantitative estimate of drug-likeness (QED) is 0.705. The third kappa shape index (κ3) is 3.18. The van der Waals surface area contributed by atoms with Crippen LogP contribution in [0.2, 0.25) is 0 Å². The molecule has 0 aliphatic rings. The van der Waals surface area contributed by atoms with Gasteiger partial charge in [0.05, 0.1) is 16.3 Å². The van der Waals surface area contributed by atoms with Crippen LogP contribution in [-0.2, 0) is 0 Å². The van der Waals surface area contributed by atoms with E-state index in [1.54, 1.807) is 18.2 Å². The molecule has 3 nitrogen and oxygen atoms in total. The van der Waals surface area contributed by atoms with E-state index in [-0.39, 0.29) is 11.6 Å². The number of hydrogen-bond acceptors (Lipinski definition) is 4. The first-order chi connectivity index (χ1) is 10.6. The fraction of sp³-hybridized carbons (Fsp3) is 0.118. The Balaban J connectivity index is 1.74. The van der Waals surface area contributed by atoms with E-state index < -0.39 is 0 Å². The van der Waals surface area contributed by atoms with Crippen molar-refractivity contribution in [1.29, 1.82) is 0 Å². The molecule has 2 aromatic carbocycles. The molecule has 0 bridgehead atoms. The van der Waals surface area contributed by atoms with Gasteiger partial charge in [0, 0.05) is 11.3 Å². The first-order valence-corrected chi connectivity index (χ1v) is 7.52. The zero-order valence-corrected chi connectivity index (χ0v) is 12.7. The zero-order valence-electron chi connectivity index (χ0n) is 11.9. The van der Waals surface area contributed by atoms with Crippen LogP contribution in [0.25, 0.3) is 10.2 Å². The van der Waals surface area contributed by atoms with E-state index in [4.69, 9.17) is 0 Å². The molecule has 0 atom stereocenters. The lowest BCUT2D eigenvalue weighted by molar-refractivity contribution is 0.480. The Morgan fingerprint density at radius 3 is 3.00 bits per heavy atom. The Bertz CT molecular complexity index is 893. The van der Waals surface area contributed by atoms with Crippen LogP contribution in [0.5, 0.6) is 5.75 Å². The molecule has 0 aliphatic carbocycles. The molecule has 110 valence electrons. The molecule has 22 heavy (non-hydrogen) atoms. The Kier molecular flexibility index (Phi) is 3.94. The lowest BCUT2D eigenvalue weighted by Crippen LogP contribution is -1.98. The molecular weight excluding hydrogens is 299 g/mol. The van der Waals surface area contributed by atoms with Crippen LogP contribution >= 0.6 is 11.3 Å². The maximum Gasteiger partial charge on any atom is 0.143 e. The lowest BCUT2D eigenvalue weighted by atomic mass is 10.2. The van der Waals surface area contributed by atoms with E-state index in [2.05, 4.69) is 22.1 Å². The van der Waals surface area contributed by atoms with Gasteiger partial charge in [-0.3, -0.25) is 0 Å². The number of rotatable bonds is 2. The van der Waals surface area contributed by atoms with Crippen LogP contribution in [0.15, 0.2) is 36.4 Å². The summed E-state index contributed by atoms with van der Waals surface area (Å²) in [5.41, 5.74) is 2.03. The molecule has 1 heterocycles. The summed E-state index contributed by atoms with van der Waals surface area (Å²) < 4.78 is 13.9. The topological polar surface area (TPSA) is 45.2 Å². The van der Waals surface area contributed by atoms with Gasteiger partial charge < -0.3 is 10.4 Å². The molecule has 0 spiro atoms. The van der Waals surface area contributed by atoms with E-state index in [0.717, 1.165) is 15.3 Å². The number of phenolic OH excluding ortho intramolecular Hbond substituents is 1. The highest BCUT2D eigenvalue weighted by Gasteiger charge is 2.06. The Labute approximate surface area is 131 Å². The van der Waals surface area contributed by atoms with Crippen molar-refractivity contribution >= 4 is 27.2 Å². The van der Waals surface area contributed by atoms with Crippen molar-refractivity contribution in [1.82, 2.24) is 4.98 Å². The van der Waals surface area contributed by atoms with Gasteiger partial charge in [0.1, 0.15) is 17.1 Å². The molecule has 3 aromatic rings. The fourth-order valence-corrected chi connectivity index (χ4v) is 2.97. The highest BCUT2D eigenvalue weighted by atomic mass is 32.1. The standard InChI is InChI=1S/C17H13FN2OS/c1-11-20-17-15(21)8-12(9-16(17)22-11)4-3-7-19-14-6-2-5-13(18)10-14/h2,5-6,8-10,19,21H,7H2,1H3. The van der Waals surface area contributed by atoms with Crippen molar-refractivity contribution in [2.45, 2.75) is 6.92 Å². The van der Waals surface area contributed by atoms with Crippen molar-refractivity contribution in [3.05, 3.63) is 52.8 Å². The third-order valence-electron chi connectivity index (χ3n) is 3.02. The molecule has 0 amide bonds. The molecule has 5 heteroatoms. The summed E-state index contributed by atoms with van der Waals surface area (Å²) in [6.45, 7) is 2.29. The Morgan fingerprint density at radius 2 is 2.18 bits per heavy atom. The van der Waals surface area contributed by atoms with Crippen LogP contribution in [0.4, 0.5) is 10.1 Å². The summed E-state index contributed by atoms with van der Waals surface area (Å²) in [4.78, 5) is 4.27. The number of nitrogens with zero attached hydrogens (tertiary/aromatic N) is 1. The van der Waals surface area contributed by atoms with Crippen molar-refractivity contribution < 1.29 is 9.50 Å². The Morgan fingerprint density at radius 1 is 1.32 bits per heavy atom. The van der Waals surface area contributed by atoms with Crippen LogP contribution in [0.1, 0.15) is 10.6 Å². The van der Waals surface area contributed by atoms with Gasteiger partial charge in [0.25, 0.3) is 0 Å². The maximum absolute atomic E-state index is 13.0. The summed E-state index contributed by atoms with van der Waals surface area (Å²) in [5, 5.41) is 13.9. The second-order valence-electron chi connectivity index (χ2n) is 4.74. The number of aromatic nitrogens is 1. The van der Waals surface area contributed by atoms with Gasteiger partial charge in [0.2, 0.25) is 0 Å². The van der Waals surface area contributed by atoms with Gasteiger partial charge >= 0.3 is 0 Å². The molecule has 0 fully saturated rings. The number of nitrogens with one attached hydrogen (secondary N) is 1. The van der Waals surface area contributed by atoms with Crippen LogP contribution in [-0.4, -0.2) is 16.6 Å². The fourth-order valence-electron chi connectivity index (χ4n) is 2.09. The van der Waals surface area contributed by atoms with Gasteiger partial charge in [-0.15, -0.1) is 11.3 Å². The van der Waals surface area contributed by atoms with Crippen LogP contribution in [0, 0.1) is 24.6 Å². The second kappa shape index (κ2) is 6.04. The van der Waals surface area contributed by atoms with Gasteiger partial charge in [-0.25, -0.2) is 9.37 Å². The molecule has 3 rings (SSSR count). The van der Waals surface area contributed by atoms with Crippen LogP contribution < -0.4 is 5.32 Å². The Hall–Kier alpha value is -2.58. The maximum atomic E-state index is 13.0. The number of halogens is 1. The highest BCUT2D eigenvalue weighted by Crippen LogP contribution is 2.30. The normalized spacial score (nSPS) is 10.3. The number of hydrogen-bond donors (Lipinski definition) is 2. The number of aryl methyl sites for hydroxylation is 1. The second-order valence-corrected chi connectivity index (χ2v) is 5.98. The average Bonchev–Trinajstić information content (AvgIpc) is 2.85. The van der Waals surface area contributed by atoms with E-state index in [1.165, 1.54) is 23.5 Å². The van der Waals surface area contributed by atoms with Crippen molar-refractivity contribution in [3.63, 3.8) is 0 Å². The number of fused-ring (bicyclic) bond motifs is 1. The lowest BCUT2D eigenvalue weighted by Gasteiger charge is -2.01. The van der Waals surface area contributed by atoms with Crippen LogP contribution in [0.3, 0.4) is 0 Å². The summed E-state index contributed by atoms with van der Waals surface area (Å²) >= 11 is 1.52. The molecular formula is C17H13FN2OS. The minimum absolute atomic E-state index is 0.143. The number of thiazole rings is 1. The van der Waals surface area contributed by atoms with Crippen molar-refractivity contribution in [2.75, 3.05) is 11.9 Å². The van der Waals surface area contributed by atoms with E-state index in [0.29, 0.717) is 17.7 Å². The number of phenols is 1. The van der Waals surface area contributed by atoms with E-state index >= 15 is 0 Å². The summed E-state index contributed by atoms with van der Waals surface area (Å²) in [7, 11) is 0. The summed E-state index contributed by atoms with van der Waals surface area (Å²) in [6, 6.07) is 9.75. The zero-order chi connectivity index (χ0) is 15.5. The molecule has 0 unspecified atom stereocenters. The molecule has 0 aliphatic heterocycles. The van der Waals surface area contributed by atoms with Crippen molar-refractivity contribution in [3.8, 4) is 17.6 Å². The van der Waals surface area contributed by atoms with Crippen molar-refractivity contribution in [2.24, 2.45) is 0 Å². The number of benzene rings is 2. The summed E-state index contributed by atoms with van der Waals surface area (Å²) in [6.07, 6.45) is 0. The van der Waals surface area contributed by atoms with Gasteiger partial charge in [0.15, 0.2) is 0 Å². The SMILES string of the molecule is Cc1nc2c(O)cc(C#CCNc3cccc(F)c3)cc2s1. The number of anilines is 1. The molecule has 1 aromatic heterocycles. The number of aromatic hydroxyl groups is 1. The molecule has 0 saturated carbocycles. The molecule has 2 N–H and O–H groups in total. The monoisotopic (exact) mass is 312 g/mol. The third-order valence-corrected chi connectivity index (χ3v) is 3.94. The largest absolute Gasteiger partial charge is 0.506 e. The minimum Gasteiger partial charge on any atom is -0.506 e. The molecule has 0 saturated heterocycles. The predicted octanol–water partition coefficient (Wildman–Crippen LogP) is 3.91. The summed E-state index contributed by atoms with van der Waals surface area (Å²) in [5.74, 6) is 5.80.